The van der Waals surface area contributed by atoms with Crippen molar-refractivity contribution >= 4 is 69.5 Å². The molecule has 1 aromatic heterocycles. The van der Waals surface area contributed by atoms with Gasteiger partial charge in [0.1, 0.15) is 4.32 Å². The molecule has 1 aliphatic heterocycles. The maximum atomic E-state index is 13.0. The minimum atomic E-state index is -0.931. The zero-order chi connectivity index (χ0) is 27.2. The zero-order valence-electron chi connectivity index (χ0n) is 20.1. The second kappa shape index (κ2) is 12.6. The van der Waals surface area contributed by atoms with Gasteiger partial charge in [0.05, 0.1) is 41.5 Å². The summed E-state index contributed by atoms with van der Waals surface area (Å²) in [5.74, 6) is -0.178. The zero-order valence-corrected chi connectivity index (χ0v) is 23.3. The van der Waals surface area contributed by atoms with Gasteiger partial charge in [-0.2, -0.15) is 0 Å². The summed E-state index contributed by atoms with van der Waals surface area (Å²) in [5, 5.41) is 10.1. The number of halogens is 2. The summed E-state index contributed by atoms with van der Waals surface area (Å²) >= 11 is 19.0. The van der Waals surface area contributed by atoms with Crippen molar-refractivity contribution in [1.29, 1.82) is 0 Å². The normalized spacial score (nSPS) is 14.3. The Bertz CT molecular complexity index is 1430. The number of aromatic nitrogens is 1. The van der Waals surface area contributed by atoms with Crippen molar-refractivity contribution < 1.29 is 24.2 Å². The molecule has 1 saturated heterocycles. The van der Waals surface area contributed by atoms with Crippen molar-refractivity contribution in [3.63, 3.8) is 0 Å². The minimum absolute atomic E-state index is 0.117. The highest BCUT2D eigenvalue weighted by molar-refractivity contribution is 8.26. The van der Waals surface area contributed by atoms with E-state index in [1.54, 1.807) is 48.5 Å². The molecule has 0 saturated carbocycles. The fourth-order valence-corrected chi connectivity index (χ4v) is 5.53. The Labute approximate surface area is 239 Å². The molecule has 0 atom stereocenters. The van der Waals surface area contributed by atoms with Gasteiger partial charge in [0.25, 0.3) is 5.91 Å². The van der Waals surface area contributed by atoms with Gasteiger partial charge >= 0.3 is 5.97 Å². The number of rotatable bonds is 10. The Hall–Kier alpha value is -3.11. The molecule has 1 N–H and O–H groups in total. The second-order valence-corrected chi connectivity index (χ2v) is 10.7. The third-order valence-corrected chi connectivity index (χ3v) is 7.42. The molecule has 1 amide bonds. The number of benzene rings is 2. The SMILES string of the molecule is COc1ccc(CC(=O)O)cc1OCCCN1C(=O)C(=Cc2cccc(-c3ccc(Cl)cc3Cl)n2)SC1=S. The number of carbonyl (C=O) groups excluding carboxylic acids is 1. The molecule has 1 fully saturated rings. The maximum Gasteiger partial charge on any atom is 0.307 e. The van der Waals surface area contributed by atoms with Crippen molar-refractivity contribution in [2.45, 2.75) is 12.8 Å². The molecule has 0 radical (unpaired) electrons. The lowest BCUT2D eigenvalue weighted by Gasteiger charge is -2.16. The van der Waals surface area contributed by atoms with Gasteiger partial charge in [0.15, 0.2) is 11.5 Å². The first-order chi connectivity index (χ1) is 18.2. The van der Waals surface area contributed by atoms with Crippen LogP contribution in [0, 0.1) is 0 Å². The fourth-order valence-electron chi connectivity index (χ4n) is 3.73. The molecule has 2 heterocycles. The topological polar surface area (TPSA) is 89.0 Å². The van der Waals surface area contributed by atoms with Crippen molar-refractivity contribution in [3.8, 4) is 22.8 Å². The van der Waals surface area contributed by atoms with E-state index in [1.165, 1.54) is 23.8 Å². The first kappa shape index (κ1) is 27.9. The number of ether oxygens (including phenoxy) is 2. The summed E-state index contributed by atoms with van der Waals surface area (Å²) in [5.41, 5.74) is 2.61. The predicted molar refractivity (Wildman–Crippen MR) is 154 cm³/mol. The van der Waals surface area contributed by atoms with E-state index in [4.69, 9.17) is 50.0 Å². The Morgan fingerprint density at radius 3 is 2.71 bits per heavy atom. The van der Waals surface area contributed by atoms with Gasteiger partial charge < -0.3 is 14.6 Å². The van der Waals surface area contributed by atoms with Crippen LogP contribution in [0.25, 0.3) is 17.3 Å². The largest absolute Gasteiger partial charge is 0.493 e. The van der Waals surface area contributed by atoms with Gasteiger partial charge in [-0.25, -0.2) is 4.98 Å². The third kappa shape index (κ3) is 6.85. The van der Waals surface area contributed by atoms with Gasteiger partial charge in [-0.1, -0.05) is 59.3 Å². The molecular weight excluding hydrogens is 567 g/mol. The Kier molecular flexibility index (Phi) is 9.27. The van der Waals surface area contributed by atoms with Crippen molar-refractivity contribution in [2.24, 2.45) is 0 Å². The highest BCUT2D eigenvalue weighted by Gasteiger charge is 2.31. The van der Waals surface area contributed by atoms with Crippen LogP contribution < -0.4 is 9.47 Å². The molecule has 0 unspecified atom stereocenters. The Balaban J connectivity index is 1.39. The van der Waals surface area contributed by atoms with Crippen molar-refractivity contribution in [1.82, 2.24) is 9.88 Å². The highest BCUT2D eigenvalue weighted by Crippen LogP contribution is 2.34. The average molecular weight is 590 g/mol. The van der Waals surface area contributed by atoms with E-state index in [2.05, 4.69) is 4.98 Å². The number of pyridine rings is 1. The van der Waals surface area contributed by atoms with Crippen LogP contribution in [0.15, 0.2) is 59.5 Å². The van der Waals surface area contributed by atoms with Crippen molar-refractivity contribution in [3.05, 3.63) is 80.8 Å². The average Bonchev–Trinajstić information content (AvgIpc) is 3.13. The molecule has 2 aromatic carbocycles. The molecule has 1 aliphatic rings. The van der Waals surface area contributed by atoms with Gasteiger partial charge in [-0.3, -0.25) is 14.5 Å². The minimum Gasteiger partial charge on any atom is -0.493 e. The van der Waals surface area contributed by atoms with E-state index in [1.807, 2.05) is 12.1 Å². The second-order valence-electron chi connectivity index (χ2n) is 8.16. The van der Waals surface area contributed by atoms with Crippen LogP contribution in [-0.2, 0) is 16.0 Å². The summed E-state index contributed by atoms with van der Waals surface area (Å²) in [6.07, 6.45) is 2.10. The molecule has 0 spiro atoms. The van der Waals surface area contributed by atoms with Crippen LogP contribution in [0.5, 0.6) is 11.5 Å². The van der Waals surface area contributed by atoms with Gasteiger partial charge in [0.2, 0.25) is 0 Å². The summed E-state index contributed by atoms with van der Waals surface area (Å²) in [6, 6.07) is 15.7. The lowest BCUT2D eigenvalue weighted by molar-refractivity contribution is -0.136. The quantitative estimate of drug-likeness (QED) is 0.166. The molecule has 4 rings (SSSR count). The molecule has 0 aliphatic carbocycles. The van der Waals surface area contributed by atoms with E-state index in [0.29, 0.717) is 60.7 Å². The summed E-state index contributed by atoms with van der Waals surface area (Å²) in [6.45, 7) is 0.654. The van der Waals surface area contributed by atoms with Crippen LogP contribution in [0.3, 0.4) is 0 Å². The van der Waals surface area contributed by atoms with E-state index in [-0.39, 0.29) is 18.9 Å². The molecule has 7 nitrogen and oxygen atoms in total. The van der Waals surface area contributed by atoms with E-state index in [9.17, 15) is 9.59 Å². The lowest BCUT2D eigenvalue weighted by atomic mass is 10.1. The van der Waals surface area contributed by atoms with E-state index in [0.717, 1.165) is 5.56 Å². The maximum absolute atomic E-state index is 13.0. The number of hydrogen-bond acceptors (Lipinski definition) is 7. The molecule has 196 valence electrons. The van der Waals surface area contributed by atoms with Crippen LogP contribution >= 0.6 is 47.2 Å². The highest BCUT2D eigenvalue weighted by atomic mass is 35.5. The monoisotopic (exact) mass is 588 g/mol. The van der Waals surface area contributed by atoms with Crippen molar-refractivity contribution in [2.75, 3.05) is 20.3 Å². The number of thioether (sulfide) groups is 1. The van der Waals surface area contributed by atoms with Gasteiger partial charge in [0, 0.05) is 17.1 Å². The standard InChI is InChI=1S/C27H22Cl2N2O5S2/c1-35-22-9-6-16(13-25(32)33)12-23(22)36-11-3-10-31-26(34)24(38-27(31)37)15-18-4-2-5-21(30-18)19-8-7-17(28)14-20(19)29/h2,4-9,12,14-15H,3,10-11,13H2,1H3,(H,32,33). The smallest absolute Gasteiger partial charge is 0.307 e. The lowest BCUT2D eigenvalue weighted by Crippen LogP contribution is -2.30. The number of nitrogens with zero attached hydrogens (tertiary/aromatic N) is 2. The van der Waals surface area contributed by atoms with Crippen LogP contribution in [-0.4, -0.2) is 51.4 Å². The number of amides is 1. The number of thiocarbonyl (C=S) groups is 1. The number of hydrogen-bond donors (Lipinski definition) is 1. The molecule has 11 heteroatoms. The predicted octanol–water partition coefficient (Wildman–Crippen LogP) is 6.36. The fraction of sp³-hybridized carbons (Fsp3) is 0.185. The summed E-state index contributed by atoms with van der Waals surface area (Å²) in [4.78, 5) is 30.7. The number of methoxy groups -OCH3 is 1. The number of carboxylic acid groups (broad SMARTS) is 1. The number of aliphatic carboxylic acids is 1. The third-order valence-electron chi connectivity index (χ3n) is 5.50. The number of carbonyl (C=O) groups is 2. The molecular formula is C27H22Cl2N2O5S2. The molecule has 0 bridgehead atoms. The Morgan fingerprint density at radius 2 is 1.97 bits per heavy atom. The van der Waals surface area contributed by atoms with Crippen LogP contribution in [0.4, 0.5) is 0 Å². The van der Waals surface area contributed by atoms with Crippen LogP contribution in [0.1, 0.15) is 17.7 Å². The summed E-state index contributed by atoms with van der Waals surface area (Å²) in [7, 11) is 1.51. The Morgan fingerprint density at radius 1 is 1.16 bits per heavy atom. The molecule has 38 heavy (non-hydrogen) atoms. The molecule has 3 aromatic rings. The summed E-state index contributed by atoms with van der Waals surface area (Å²) < 4.78 is 11.6. The van der Waals surface area contributed by atoms with Crippen LogP contribution in [0.2, 0.25) is 10.0 Å². The first-order valence-electron chi connectivity index (χ1n) is 11.4. The van der Waals surface area contributed by atoms with Gasteiger partial charge in [-0.05, 0) is 60.5 Å². The number of carboxylic acids is 1. The van der Waals surface area contributed by atoms with E-state index < -0.39 is 5.97 Å². The van der Waals surface area contributed by atoms with E-state index >= 15 is 0 Å². The van der Waals surface area contributed by atoms with Gasteiger partial charge in [-0.15, -0.1) is 0 Å². The first-order valence-corrected chi connectivity index (χ1v) is 13.4.